The van der Waals surface area contributed by atoms with Gasteiger partial charge in [-0.05, 0) is 33.3 Å². The van der Waals surface area contributed by atoms with Crippen molar-refractivity contribution in [1.82, 2.24) is 0 Å². The topological polar surface area (TPSA) is 116 Å². The van der Waals surface area contributed by atoms with Crippen molar-refractivity contribution < 1.29 is 47.5 Å². The van der Waals surface area contributed by atoms with Gasteiger partial charge in [-0.15, -0.1) is 6.42 Å². The molecule has 0 aromatic heterocycles. The van der Waals surface area contributed by atoms with Gasteiger partial charge in [0.25, 0.3) is 5.60 Å². The van der Waals surface area contributed by atoms with Crippen LogP contribution in [0.25, 0.3) is 0 Å². The Hall–Kier alpha value is -2.97. The van der Waals surface area contributed by atoms with E-state index < -0.39 is 60.0 Å². The second kappa shape index (κ2) is 11.0. The van der Waals surface area contributed by atoms with E-state index in [0.29, 0.717) is 5.56 Å². The van der Waals surface area contributed by atoms with Crippen molar-refractivity contribution in [2.45, 2.75) is 76.5 Å². The molecule has 1 aromatic carbocycles. The highest BCUT2D eigenvalue weighted by molar-refractivity contribution is 6.04. The summed E-state index contributed by atoms with van der Waals surface area (Å²) >= 11 is 0. The number of terminal acetylenes is 1. The van der Waals surface area contributed by atoms with Crippen LogP contribution in [0.1, 0.15) is 40.2 Å². The number of fused-ring (bicyclic) bond motifs is 1. The van der Waals surface area contributed by atoms with E-state index in [1.807, 2.05) is 0 Å². The minimum Gasteiger partial charge on any atom is -0.463 e. The Kier molecular flexibility index (Phi) is 8.41. The van der Waals surface area contributed by atoms with Crippen molar-refractivity contribution in [3.8, 4) is 12.3 Å². The van der Waals surface area contributed by atoms with Crippen LogP contribution in [-0.2, 0) is 54.0 Å². The fourth-order valence-electron chi connectivity index (χ4n) is 4.29. The molecule has 0 spiro atoms. The lowest BCUT2D eigenvalue weighted by Gasteiger charge is -2.35. The normalized spacial score (nSPS) is 26.5. The first kappa shape index (κ1) is 27.6. The first-order valence-corrected chi connectivity index (χ1v) is 11.7. The standard InChI is InChI=1S/C26H32O10/c1-7-25(34-17(4)27)19(33-21-20(25)35-24(5,6)36-21)16-32-26(22(28)30-8-2,23(29)31-9-3)15-18-13-11-10-12-14-18/h1,10-14,19-21H,8-9,15-16H2,2-6H3/t19-,20+,21-,25-/m1/s1. The predicted molar refractivity (Wildman–Crippen MR) is 124 cm³/mol. The molecular weight excluding hydrogens is 472 g/mol. The summed E-state index contributed by atoms with van der Waals surface area (Å²) in [6, 6.07) is 8.80. The molecule has 2 fully saturated rings. The maximum absolute atomic E-state index is 13.2. The molecule has 0 saturated carbocycles. The highest BCUT2D eigenvalue weighted by Gasteiger charge is 2.66. The molecule has 10 heteroatoms. The molecule has 2 saturated heterocycles. The summed E-state index contributed by atoms with van der Waals surface area (Å²) in [6.45, 7) is 7.31. The fourth-order valence-corrected chi connectivity index (χ4v) is 4.29. The van der Waals surface area contributed by atoms with E-state index in [9.17, 15) is 14.4 Å². The molecule has 0 bridgehead atoms. The van der Waals surface area contributed by atoms with Crippen LogP contribution in [0, 0.1) is 12.3 Å². The minimum atomic E-state index is -2.17. The fraction of sp³-hybridized carbons (Fsp3) is 0.577. The van der Waals surface area contributed by atoms with E-state index in [1.54, 1.807) is 58.0 Å². The maximum atomic E-state index is 13.2. The van der Waals surface area contributed by atoms with E-state index in [-0.39, 0.29) is 19.6 Å². The zero-order valence-corrected chi connectivity index (χ0v) is 21.1. The van der Waals surface area contributed by atoms with Crippen LogP contribution >= 0.6 is 0 Å². The number of benzene rings is 1. The Labute approximate surface area is 210 Å². The third-order valence-corrected chi connectivity index (χ3v) is 5.78. The number of rotatable bonds is 10. The molecule has 2 aliphatic heterocycles. The minimum absolute atomic E-state index is 0.000712. The van der Waals surface area contributed by atoms with Gasteiger partial charge in [-0.2, -0.15) is 0 Å². The summed E-state index contributed by atoms with van der Waals surface area (Å²) in [6.07, 6.45) is 2.58. The summed E-state index contributed by atoms with van der Waals surface area (Å²) in [5.74, 6) is -1.11. The second-order valence-corrected chi connectivity index (χ2v) is 8.82. The Morgan fingerprint density at radius 2 is 1.67 bits per heavy atom. The van der Waals surface area contributed by atoms with Gasteiger partial charge >= 0.3 is 17.9 Å². The van der Waals surface area contributed by atoms with E-state index in [4.69, 9.17) is 39.6 Å². The number of ether oxygens (including phenoxy) is 7. The second-order valence-electron chi connectivity index (χ2n) is 8.82. The number of carbonyl (C=O) groups is 3. The molecule has 2 heterocycles. The van der Waals surface area contributed by atoms with Gasteiger partial charge in [0, 0.05) is 13.3 Å². The van der Waals surface area contributed by atoms with Crippen LogP contribution in [-0.4, -0.2) is 73.2 Å². The van der Waals surface area contributed by atoms with Crippen molar-refractivity contribution in [1.29, 1.82) is 0 Å². The predicted octanol–water partition coefficient (Wildman–Crippen LogP) is 1.92. The van der Waals surface area contributed by atoms with Crippen molar-refractivity contribution in [2.75, 3.05) is 19.8 Å². The van der Waals surface area contributed by atoms with Crippen LogP contribution in [0.4, 0.5) is 0 Å². The molecule has 0 unspecified atom stereocenters. The summed E-state index contributed by atoms with van der Waals surface area (Å²) in [5.41, 5.74) is -3.29. The molecule has 36 heavy (non-hydrogen) atoms. The van der Waals surface area contributed by atoms with Gasteiger partial charge in [-0.3, -0.25) is 4.79 Å². The summed E-state index contributed by atoms with van der Waals surface area (Å²) < 4.78 is 39.7. The Balaban J connectivity index is 1.98. The lowest BCUT2D eigenvalue weighted by molar-refractivity contribution is -0.239. The molecular formula is C26H32O10. The van der Waals surface area contributed by atoms with Crippen LogP contribution in [0.2, 0.25) is 0 Å². The van der Waals surface area contributed by atoms with Crippen LogP contribution < -0.4 is 0 Å². The summed E-state index contributed by atoms with van der Waals surface area (Å²) in [7, 11) is 0. The zero-order chi connectivity index (χ0) is 26.6. The first-order chi connectivity index (χ1) is 17.0. The number of esters is 3. The van der Waals surface area contributed by atoms with Gasteiger partial charge in [0.1, 0.15) is 6.10 Å². The van der Waals surface area contributed by atoms with Gasteiger partial charge in [0.2, 0.25) is 5.60 Å². The molecule has 1 aromatic rings. The average Bonchev–Trinajstić information content (AvgIpc) is 3.27. The van der Waals surface area contributed by atoms with Gasteiger partial charge in [0.15, 0.2) is 18.2 Å². The molecule has 0 N–H and O–H groups in total. The van der Waals surface area contributed by atoms with Crippen LogP contribution in [0.5, 0.6) is 0 Å². The lowest BCUT2D eigenvalue weighted by atomic mass is 9.91. The van der Waals surface area contributed by atoms with E-state index in [2.05, 4.69) is 5.92 Å². The van der Waals surface area contributed by atoms with Gasteiger partial charge < -0.3 is 33.2 Å². The SMILES string of the molecule is C#C[C@@]1(OC(C)=O)[C@@H](COC(Cc2ccccc2)(C(=O)OCC)C(=O)OCC)O[C@@H]2OC(C)(C)O[C@@H]21. The maximum Gasteiger partial charge on any atom is 0.350 e. The van der Waals surface area contributed by atoms with E-state index >= 15 is 0 Å². The molecule has 0 amide bonds. The van der Waals surface area contributed by atoms with Gasteiger partial charge in [0.05, 0.1) is 19.8 Å². The van der Waals surface area contributed by atoms with Crippen LogP contribution in [0.3, 0.4) is 0 Å². The Bertz CT molecular complexity index is 980. The average molecular weight is 505 g/mol. The number of hydrogen-bond donors (Lipinski definition) is 0. The first-order valence-electron chi connectivity index (χ1n) is 11.7. The molecule has 4 atom stereocenters. The molecule has 196 valence electrons. The Morgan fingerprint density at radius 3 is 2.19 bits per heavy atom. The monoisotopic (exact) mass is 504 g/mol. The van der Waals surface area contributed by atoms with Gasteiger partial charge in [-0.1, -0.05) is 36.3 Å². The van der Waals surface area contributed by atoms with Gasteiger partial charge in [-0.25, -0.2) is 9.59 Å². The quantitative estimate of drug-likeness (QED) is 0.203. The Morgan fingerprint density at radius 1 is 1.06 bits per heavy atom. The lowest BCUT2D eigenvalue weighted by Crippen LogP contribution is -2.57. The molecule has 3 rings (SSSR count). The van der Waals surface area contributed by atoms with Crippen molar-refractivity contribution in [2.24, 2.45) is 0 Å². The summed E-state index contributed by atoms with van der Waals surface area (Å²) in [4.78, 5) is 38.5. The molecule has 0 aliphatic carbocycles. The number of hydrogen-bond acceptors (Lipinski definition) is 10. The smallest absolute Gasteiger partial charge is 0.350 e. The van der Waals surface area contributed by atoms with E-state index in [1.165, 1.54) is 6.92 Å². The zero-order valence-electron chi connectivity index (χ0n) is 21.1. The highest BCUT2D eigenvalue weighted by Crippen LogP contribution is 2.45. The van der Waals surface area contributed by atoms with Crippen molar-refractivity contribution in [3.05, 3.63) is 35.9 Å². The van der Waals surface area contributed by atoms with E-state index in [0.717, 1.165) is 0 Å². The van der Waals surface area contributed by atoms with Crippen molar-refractivity contribution >= 4 is 17.9 Å². The molecule has 0 radical (unpaired) electrons. The number of carbonyl (C=O) groups excluding carboxylic acids is 3. The largest absolute Gasteiger partial charge is 0.463 e. The van der Waals surface area contributed by atoms with Crippen molar-refractivity contribution in [3.63, 3.8) is 0 Å². The third-order valence-electron chi connectivity index (χ3n) is 5.78. The summed E-state index contributed by atoms with van der Waals surface area (Å²) in [5, 5.41) is 0. The molecule has 10 nitrogen and oxygen atoms in total. The molecule has 2 aliphatic rings. The third kappa shape index (κ3) is 5.39. The highest BCUT2D eigenvalue weighted by atomic mass is 16.8. The van der Waals surface area contributed by atoms with Crippen LogP contribution in [0.15, 0.2) is 30.3 Å².